The Morgan fingerprint density at radius 1 is 1.08 bits per heavy atom. The third-order valence-corrected chi connectivity index (χ3v) is 4.24. The van der Waals surface area contributed by atoms with Crippen molar-refractivity contribution >= 4 is 17.7 Å². The second-order valence-corrected chi connectivity index (χ2v) is 6.20. The average Bonchev–Trinajstić information content (AvgIpc) is 2.58. The van der Waals surface area contributed by atoms with E-state index in [1.54, 1.807) is 23.9 Å². The molecule has 0 bridgehead atoms. The van der Waals surface area contributed by atoms with Crippen molar-refractivity contribution in [3.05, 3.63) is 60.2 Å². The molecule has 0 atom stereocenters. The summed E-state index contributed by atoms with van der Waals surface area (Å²) < 4.78 is 28.4. The van der Waals surface area contributed by atoms with Crippen LogP contribution < -0.4 is 10.1 Å². The molecule has 24 heavy (non-hydrogen) atoms. The predicted octanol–water partition coefficient (Wildman–Crippen LogP) is 4.13. The summed E-state index contributed by atoms with van der Waals surface area (Å²) in [5.41, 5.74) is 0.908. The van der Waals surface area contributed by atoms with Gasteiger partial charge in [-0.1, -0.05) is 30.3 Å². The maximum atomic E-state index is 12.1. The maximum absolute atomic E-state index is 12.1. The summed E-state index contributed by atoms with van der Waals surface area (Å²) in [6, 6.07) is 16.4. The first-order valence-corrected chi connectivity index (χ1v) is 8.60. The molecule has 2 rings (SSSR count). The van der Waals surface area contributed by atoms with Crippen molar-refractivity contribution in [3.8, 4) is 5.75 Å². The molecule has 0 saturated carbocycles. The van der Waals surface area contributed by atoms with Gasteiger partial charge in [0.2, 0.25) is 5.91 Å². The van der Waals surface area contributed by atoms with Crippen LogP contribution in [0.5, 0.6) is 5.75 Å². The van der Waals surface area contributed by atoms with Crippen LogP contribution in [0.15, 0.2) is 59.5 Å². The highest BCUT2D eigenvalue weighted by atomic mass is 32.2. The van der Waals surface area contributed by atoms with Crippen molar-refractivity contribution in [1.29, 1.82) is 0 Å². The highest BCUT2D eigenvalue weighted by Crippen LogP contribution is 2.16. The molecule has 0 heterocycles. The number of hydrogen-bond donors (Lipinski definition) is 1. The predicted molar refractivity (Wildman–Crippen MR) is 91.6 cm³/mol. The Bertz CT molecular complexity index is 621. The van der Waals surface area contributed by atoms with Gasteiger partial charge in [0, 0.05) is 23.6 Å². The van der Waals surface area contributed by atoms with Gasteiger partial charge in [0.15, 0.2) is 0 Å². The van der Waals surface area contributed by atoms with Gasteiger partial charge in [0.05, 0.1) is 0 Å². The molecule has 0 radical (unpaired) electrons. The van der Waals surface area contributed by atoms with E-state index in [2.05, 4.69) is 10.1 Å². The number of carbonyl (C=O) groups excluding carboxylic acids is 1. The molecule has 6 heteroatoms. The van der Waals surface area contributed by atoms with Crippen molar-refractivity contribution in [2.24, 2.45) is 0 Å². The monoisotopic (exact) mass is 351 g/mol. The van der Waals surface area contributed by atoms with E-state index >= 15 is 0 Å². The van der Waals surface area contributed by atoms with Gasteiger partial charge in [-0.05, 0) is 36.2 Å². The van der Waals surface area contributed by atoms with Crippen LogP contribution in [0.4, 0.5) is 8.78 Å². The minimum atomic E-state index is -2.82. The normalized spacial score (nSPS) is 10.6. The molecule has 1 amide bonds. The number of rotatable bonds is 9. The Labute approximate surface area is 144 Å². The fourth-order valence-electron chi connectivity index (χ4n) is 2.06. The highest BCUT2D eigenvalue weighted by molar-refractivity contribution is 7.99. The summed E-state index contributed by atoms with van der Waals surface area (Å²) in [6.07, 6.45) is 0.928. The van der Waals surface area contributed by atoms with Crippen LogP contribution >= 0.6 is 11.8 Å². The largest absolute Gasteiger partial charge is 0.435 e. The van der Waals surface area contributed by atoms with E-state index < -0.39 is 6.61 Å². The first-order chi connectivity index (χ1) is 11.6. The van der Waals surface area contributed by atoms with Crippen molar-refractivity contribution in [2.45, 2.75) is 24.3 Å². The second-order valence-electron chi connectivity index (χ2n) is 5.03. The Hall–Kier alpha value is -2.08. The number of alkyl halides is 2. The first-order valence-electron chi connectivity index (χ1n) is 7.62. The Balaban J connectivity index is 1.62. The zero-order chi connectivity index (χ0) is 17.2. The molecule has 0 aromatic heterocycles. The molecular weight excluding hydrogens is 332 g/mol. The molecular formula is C18H19F2NO2S. The lowest BCUT2D eigenvalue weighted by atomic mass is 10.1. The number of ether oxygens (including phenoxy) is 1. The number of amides is 1. The molecule has 128 valence electrons. The number of aryl methyl sites for hydroxylation is 1. The third kappa shape index (κ3) is 7.00. The average molecular weight is 351 g/mol. The molecule has 0 aliphatic carbocycles. The number of hydrogen-bond acceptors (Lipinski definition) is 3. The minimum Gasteiger partial charge on any atom is -0.435 e. The van der Waals surface area contributed by atoms with E-state index in [9.17, 15) is 13.6 Å². The molecule has 0 unspecified atom stereocenters. The molecule has 3 nitrogen and oxygen atoms in total. The van der Waals surface area contributed by atoms with E-state index in [4.69, 9.17) is 0 Å². The number of halogens is 2. The summed E-state index contributed by atoms with van der Waals surface area (Å²) in [4.78, 5) is 13.0. The third-order valence-electron chi connectivity index (χ3n) is 3.23. The minimum absolute atomic E-state index is 0.0171. The van der Waals surface area contributed by atoms with Crippen molar-refractivity contribution in [2.75, 3.05) is 12.3 Å². The standard InChI is InChI=1S/C18H19F2NO2S/c19-18(20)23-15-9-6-14(7-10-15)8-11-17(22)21-12-13-24-16-4-2-1-3-5-16/h1-7,9-10,18H,8,11-13H2,(H,21,22). The Kier molecular flexibility index (Phi) is 7.55. The Morgan fingerprint density at radius 3 is 2.46 bits per heavy atom. The number of thioether (sulfide) groups is 1. The van der Waals surface area contributed by atoms with Crippen LogP contribution in [0, 0.1) is 0 Å². The van der Waals surface area contributed by atoms with Gasteiger partial charge in [-0.15, -0.1) is 11.8 Å². The van der Waals surface area contributed by atoms with Crippen LogP contribution in [0.25, 0.3) is 0 Å². The topological polar surface area (TPSA) is 38.3 Å². The second kappa shape index (κ2) is 9.93. The van der Waals surface area contributed by atoms with Crippen LogP contribution in [-0.2, 0) is 11.2 Å². The lowest BCUT2D eigenvalue weighted by molar-refractivity contribution is -0.120. The smallest absolute Gasteiger partial charge is 0.387 e. The molecule has 0 aliphatic rings. The van der Waals surface area contributed by atoms with E-state index in [0.29, 0.717) is 19.4 Å². The summed E-state index contributed by atoms with van der Waals surface area (Å²) >= 11 is 1.69. The lowest BCUT2D eigenvalue weighted by Crippen LogP contribution is -2.25. The maximum Gasteiger partial charge on any atom is 0.387 e. The molecule has 1 N–H and O–H groups in total. The summed E-state index contributed by atoms with van der Waals surface area (Å²) in [5, 5.41) is 2.88. The van der Waals surface area contributed by atoms with Crippen LogP contribution in [-0.4, -0.2) is 24.8 Å². The van der Waals surface area contributed by atoms with Gasteiger partial charge in [-0.2, -0.15) is 8.78 Å². The fourth-order valence-corrected chi connectivity index (χ4v) is 2.85. The molecule has 2 aromatic rings. The van der Waals surface area contributed by atoms with Gasteiger partial charge >= 0.3 is 6.61 Å². The van der Waals surface area contributed by atoms with E-state index in [1.807, 2.05) is 30.3 Å². The SMILES string of the molecule is O=C(CCc1ccc(OC(F)F)cc1)NCCSc1ccccc1. The van der Waals surface area contributed by atoms with E-state index in [1.165, 1.54) is 17.0 Å². The van der Waals surface area contributed by atoms with Gasteiger partial charge in [-0.3, -0.25) is 4.79 Å². The van der Waals surface area contributed by atoms with Crippen molar-refractivity contribution in [1.82, 2.24) is 5.32 Å². The first kappa shape index (κ1) is 18.3. The zero-order valence-corrected chi connectivity index (χ0v) is 13.9. The van der Waals surface area contributed by atoms with Crippen LogP contribution in [0.1, 0.15) is 12.0 Å². The fraction of sp³-hybridized carbons (Fsp3) is 0.278. The van der Waals surface area contributed by atoms with Gasteiger partial charge in [-0.25, -0.2) is 0 Å². The summed E-state index contributed by atoms with van der Waals surface area (Å²) in [6.45, 7) is -2.21. The number of carbonyl (C=O) groups is 1. The van der Waals surface area contributed by atoms with Crippen LogP contribution in [0.3, 0.4) is 0 Å². The zero-order valence-electron chi connectivity index (χ0n) is 13.1. The van der Waals surface area contributed by atoms with Crippen molar-refractivity contribution in [3.63, 3.8) is 0 Å². The summed E-state index contributed by atoms with van der Waals surface area (Å²) in [5.74, 6) is 0.919. The molecule has 0 aliphatic heterocycles. The van der Waals surface area contributed by atoms with Crippen LogP contribution in [0.2, 0.25) is 0 Å². The van der Waals surface area contributed by atoms with E-state index in [-0.39, 0.29) is 11.7 Å². The quantitative estimate of drug-likeness (QED) is 0.545. The highest BCUT2D eigenvalue weighted by Gasteiger charge is 2.05. The molecule has 0 spiro atoms. The molecule has 2 aromatic carbocycles. The van der Waals surface area contributed by atoms with Crippen molar-refractivity contribution < 1.29 is 18.3 Å². The van der Waals surface area contributed by atoms with Gasteiger partial charge in [0.1, 0.15) is 5.75 Å². The summed E-state index contributed by atoms with van der Waals surface area (Å²) in [7, 11) is 0. The van der Waals surface area contributed by atoms with E-state index in [0.717, 1.165) is 11.3 Å². The lowest BCUT2D eigenvalue weighted by Gasteiger charge is -2.07. The molecule has 0 saturated heterocycles. The Morgan fingerprint density at radius 2 is 1.79 bits per heavy atom. The number of benzene rings is 2. The van der Waals surface area contributed by atoms with Gasteiger partial charge in [0.25, 0.3) is 0 Å². The molecule has 0 fully saturated rings. The van der Waals surface area contributed by atoms with Gasteiger partial charge < -0.3 is 10.1 Å². The number of nitrogens with one attached hydrogen (secondary N) is 1.